The van der Waals surface area contributed by atoms with Crippen molar-refractivity contribution in [3.63, 3.8) is 0 Å². The van der Waals surface area contributed by atoms with E-state index in [1.54, 1.807) is 0 Å². The predicted molar refractivity (Wildman–Crippen MR) is 434 cm³/mol. The van der Waals surface area contributed by atoms with Crippen LogP contribution in [0.25, 0.3) is 108 Å². The average Bonchev–Trinajstić information content (AvgIpc) is 1.54. The molecular weight excluding hydrogens is 1270 g/mol. The van der Waals surface area contributed by atoms with Gasteiger partial charge in [0.1, 0.15) is 11.5 Å². The molecule has 0 fully saturated rings. The second kappa shape index (κ2) is 30.6. The number of unbranched alkanes of at least 4 members (excludes halogenated alkanes) is 18. The minimum atomic E-state index is 0.0294. The topological polar surface area (TPSA) is 79.9 Å². The lowest BCUT2D eigenvalue weighted by Crippen LogP contribution is -2.10. The number of hydrogen-bond acceptors (Lipinski definition) is 6. The van der Waals surface area contributed by atoms with Crippen LogP contribution in [0.4, 0.5) is 0 Å². The molecule has 2 aliphatic rings. The van der Waals surface area contributed by atoms with Gasteiger partial charge >= 0.3 is 0 Å². The maximum absolute atomic E-state index is 7.10. The lowest BCUT2D eigenvalue weighted by atomic mass is 9.85. The highest BCUT2D eigenvalue weighted by atomic mass is 16.5. The number of ether oxygens (including phenoxy) is 2. The predicted octanol–water partition coefficient (Wildman–Crippen LogP) is 25.5. The first-order valence-corrected chi connectivity index (χ1v) is 39.5. The highest BCUT2D eigenvalue weighted by Gasteiger charge is 2.39. The first-order valence-electron chi connectivity index (χ1n) is 39.5. The van der Waals surface area contributed by atoms with Crippen molar-refractivity contribution in [3.8, 4) is 33.8 Å². The zero-order valence-electron chi connectivity index (χ0n) is 60.8. The van der Waals surface area contributed by atoms with Crippen molar-refractivity contribution in [3.05, 3.63) is 263 Å². The van der Waals surface area contributed by atoms with Gasteiger partial charge in [-0.1, -0.05) is 334 Å². The number of nitrogens with zero attached hydrogens (tertiary/aromatic N) is 6. The Morgan fingerprint density at radius 3 is 0.779 bits per heavy atom. The maximum atomic E-state index is 7.10. The summed E-state index contributed by atoms with van der Waals surface area (Å²) < 4.78 is 18.3. The lowest BCUT2D eigenvalue weighted by molar-refractivity contribution is 0.290. The zero-order valence-corrected chi connectivity index (χ0v) is 60.8. The molecule has 0 saturated carbocycles. The zero-order chi connectivity index (χ0) is 69.7. The molecule has 8 heteroatoms. The van der Waals surface area contributed by atoms with E-state index in [0.29, 0.717) is 39.1 Å². The number of rotatable bonds is 32. The summed E-state index contributed by atoms with van der Waals surface area (Å²) >= 11 is 0. The van der Waals surface area contributed by atoms with Gasteiger partial charge in [-0.15, -0.1) is 10.2 Å². The maximum Gasteiger partial charge on any atom is 0.124 e. The first kappa shape index (κ1) is 67.0. The van der Waals surface area contributed by atoms with Crippen molar-refractivity contribution in [2.24, 2.45) is 0 Å². The monoisotopic (exact) mass is 1360 g/mol. The summed E-state index contributed by atoms with van der Waals surface area (Å²) in [6, 6.07) is 76.9. The first-order chi connectivity index (χ1) is 51.6. The van der Waals surface area contributed by atoms with Crippen LogP contribution in [0.2, 0.25) is 0 Å². The molecule has 15 aromatic rings. The van der Waals surface area contributed by atoms with Gasteiger partial charge in [0, 0.05) is 48.2 Å². The van der Waals surface area contributed by atoms with Crippen LogP contribution in [0, 0.1) is 0 Å². The van der Waals surface area contributed by atoms with E-state index < -0.39 is 0 Å². The minimum absolute atomic E-state index is 0.0294. The normalized spacial score (nSPS) is 12.9. The van der Waals surface area contributed by atoms with Gasteiger partial charge in [-0.05, 0) is 156 Å². The van der Waals surface area contributed by atoms with E-state index in [1.807, 2.05) is 9.36 Å². The van der Waals surface area contributed by atoms with Crippen molar-refractivity contribution in [2.75, 3.05) is 13.2 Å². The largest absolute Gasteiger partial charge is 0.493 e. The molecule has 2 heterocycles. The van der Waals surface area contributed by atoms with Crippen LogP contribution >= 0.6 is 0 Å². The third-order valence-electron chi connectivity index (χ3n) is 23.2. The fourth-order valence-corrected chi connectivity index (χ4v) is 18.4. The van der Waals surface area contributed by atoms with E-state index in [2.05, 4.69) is 232 Å². The molecule has 2 aliphatic carbocycles. The van der Waals surface area contributed by atoms with Crippen molar-refractivity contribution in [1.82, 2.24) is 30.0 Å². The smallest absolute Gasteiger partial charge is 0.124 e. The highest BCUT2D eigenvalue weighted by Crippen LogP contribution is 2.59. The molecule has 0 bridgehead atoms. The third-order valence-corrected chi connectivity index (χ3v) is 23.2. The molecule has 0 N–H and O–H groups in total. The Kier molecular flexibility index (Phi) is 19.7. The van der Waals surface area contributed by atoms with E-state index in [4.69, 9.17) is 30.1 Å². The molecular formula is C96H96N6O2. The van der Waals surface area contributed by atoms with Gasteiger partial charge < -0.3 is 9.47 Å². The Morgan fingerprint density at radius 2 is 0.510 bits per heavy atom. The second-order valence-electron chi connectivity index (χ2n) is 30.0. The van der Waals surface area contributed by atoms with E-state index in [9.17, 15) is 0 Å². The summed E-state index contributed by atoms with van der Waals surface area (Å²) in [5.74, 6) is 1.77. The molecule has 8 nitrogen and oxygen atoms in total. The molecule has 0 amide bonds. The molecule has 13 aromatic carbocycles. The van der Waals surface area contributed by atoms with Crippen LogP contribution in [-0.2, 0) is 25.9 Å². The highest BCUT2D eigenvalue weighted by molar-refractivity contribution is 6.27. The second-order valence-corrected chi connectivity index (χ2v) is 30.0. The van der Waals surface area contributed by atoms with E-state index in [1.165, 1.54) is 233 Å². The SMILES string of the molecule is CCCCCCCCCCCCOc1cc(Cn2cc(CC3c4c(c5ccccc5c5ccccc45)-c4c3c3ccccc3c3ccccc43)nn2)c(OCCCCCCCCCCCC)cc1Cn1cc(CC2c3c(c4ccccc4c4ccccc34)-c3c2c2ccccc2c2ccccc32)nn1. The van der Waals surface area contributed by atoms with Crippen LogP contribution in [0.15, 0.2) is 219 Å². The van der Waals surface area contributed by atoms with Crippen LogP contribution < -0.4 is 9.47 Å². The molecule has 17 rings (SSSR count). The molecule has 0 spiro atoms. The van der Waals surface area contributed by atoms with Gasteiger partial charge in [0.15, 0.2) is 0 Å². The van der Waals surface area contributed by atoms with E-state index in [-0.39, 0.29) is 11.8 Å². The molecule has 0 radical (unpaired) electrons. The summed E-state index contributed by atoms with van der Waals surface area (Å²) in [6.45, 7) is 6.79. The number of benzene rings is 13. The van der Waals surface area contributed by atoms with Crippen LogP contribution in [0.1, 0.15) is 199 Å². The number of hydrogen-bond donors (Lipinski definition) is 0. The molecule has 522 valence electrons. The molecule has 2 aromatic heterocycles. The Hall–Kier alpha value is -10.2. The van der Waals surface area contributed by atoms with Crippen molar-refractivity contribution < 1.29 is 9.47 Å². The standard InChI is InChI=1S/C96H96N6O2/c1-3-5-7-9-11-13-15-17-19-37-55-103-87-57-66(62-102-64-68(98-100-102)60-86-91-79-49-31-23-41-71(79)75-45-27-35-53-83(75)95(91)96-84-54-36-28-46-76(84)72-42-24-32-50-80(72)92(86)96)88(104-56-38-20-18-16-14-12-10-8-6-4-2)58-65(87)61-101-63-67(97-99-101)59-85-89-77-47-29-21-39-69(77)73-43-25-33-51-81(73)93(89)94-82-52-34-26-44-74(82)70-40-22-30-48-78(70)90(85)94/h21-36,39-54,57-58,63-64,85-86H,3-20,37-38,55-56,59-62H2,1-2H3. The van der Waals surface area contributed by atoms with Crippen molar-refractivity contribution >= 4 is 86.2 Å². The van der Waals surface area contributed by atoms with Crippen molar-refractivity contribution in [1.29, 1.82) is 0 Å². The van der Waals surface area contributed by atoms with E-state index >= 15 is 0 Å². The molecule has 0 aliphatic heterocycles. The van der Waals surface area contributed by atoms with Gasteiger partial charge in [-0.25, -0.2) is 9.36 Å². The Labute approximate surface area is 612 Å². The quantitative estimate of drug-likeness (QED) is 0.0309. The molecule has 0 unspecified atom stereocenters. The summed E-state index contributed by atoms with van der Waals surface area (Å²) in [4.78, 5) is 0. The molecule has 0 atom stereocenters. The fraction of sp³-hybridized carbons (Fsp3) is 0.312. The third kappa shape index (κ3) is 13.0. The van der Waals surface area contributed by atoms with Gasteiger partial charge in [0.05, 0.1) is 37.7 Å². The van der Waals surface area contributed by atoms with Crippen LogP contribution in [0.3, 0.4) is 0 Å². The van der Waals surface area contributed by atoms with Crippen LogP contribution in [0.5, 0.6) is 11.5 Å². The lowest BCUT2D eigenvalue weighted by Gasteiger charge is -2.18. The van der Waals surface area contributed by atoms with Gasteiger partial charge in [0.25, 0.3) is 0 Å². The fourth-order valence-electron chi connectivity index (χ4n) is 18.4. The number of aromatic nitrogens is 6. The summed E-state index contributed by atoms with van der Waals surface area (Å²) in [5, 5.41) is 41.0. The Balaban J connectivity index is 0.715. The van der Waals surface area contributed by atoms with Gasteiger partial charge in [-0.3, -0.25) is 0 Å². The van der Waals surface area contributed by atoms with Crippen molar-refractivity contribution in [2.45, 2.75) is 180 Å². The minimum Gasteiger partial charge on any atom is -0.493 e. The Morgan fingerprint density at radius 1 is 0.279 bits per heavy atom. The summed E-state index contributed by atoms with van der Waals surface area (Å²) in [6.07, 6.45) is 31.0. The van der Waals surface area contributed by atoms with Gasteiger partial charge in [0.2, 0.25) is 0 Å². The average molecular weight is 1370 g/mol. The summed E-state index contributed by atoms with van der Waals surface area (Å²) in [5.41, 5.74) is 14.9. The van der Waals surface area contributed by atoms with Gasteiger partial charge in [-0.2, -0.15) is 0 Å². The van der Waals surface area contributed by atoms with E-state index in [0.717, 1.165) is 59.7 Å². The molecule has 0 saturated heterocycles. The number of fused-ring (bicyclic) bond motifs is 26. The van der Waals surface area contributed by atoms with Crippen LogP contribution in [-0.4, -0.2) is 43.2 Å². The molecule has 104 heavy (non-hydrogen) atoms. The Bertz CT molecular complexity index is 5030. The summed E-state index contributed by atoms with van der Waals surface area (Å²) in [7, 11) is 0.